The van der Waals surface area contributed by atoms with Crippen LogP contribution in [0.4, 0.5) is 0 Å². The molecular formula is C10H9NO4. The van der Waals surface area contributed by atoms with E-state index < -0.39 is 5.91 Å². The average molecular weight is 207 g/mol. The molecule has 0 saturated carbocycles. The van der Waals surface area contributed by atoms with Crippen LogP contribution in [0.15, 0.2) is 12.1 Å². The van der Waals surface area contributed by atoms with Gasteiger partial charge in [-0.1, -0.05) is 0 Å². The highest BCUT2D eigenvalue weighted by atomic mass is 16.5. The number of methoxy groups -OCH3 is 1. The summed E-state index contributed by atoms with van der Waals surface area (Å²) in [6.45, 7) is 0. The fourth-order valence-electron chi connectivity index (χ4n) is 1.54. The number of hydrogen-bond acceptors (Lipinski definition) is 4. The zero-order chi connectivity index (χ0) is 11.0. The molecule has 0 atom stereocenters. The van der Waals surface area contributed by atoms with Gasteiger partial charge in [-0.2, -0.15) is 0 Å². The van der Waals surface area contributed by atoms with Crippen LogP contribution < -0.4 is 10.1 Å². The second-order valence-corrected chi connectivity index (χ2v) is 3.24. The number of aromatic hydroxyl groups is 1. The molecule has 0 bridgehead atoms. The number of imide groups is 1. The Balaban J connectivity index is 2.56. The summed E-state index contributed by atoms with van der Waals surface area (Å²) in [5.41, 5.74) is 0.881. The van der Waals surface area contributed by atoms with E-state index in [1.54, 1.807) is 0 Å². The SMILES string of the molecule is COc1cc2c(cc1O)C(=O)NC(=O)C2. The first kappa shape index (κ1) is 9.51. The minimum absolute atomic E-state index is 0.110. The highest BCUT2D eigenvalue weighted by Gasteiger charge is 2.24. The molecule has 1 heterocycles. The number of carbonyl (C=O) groups excluding carboxylic acids is 2. The fourth-order valence-corrected chi connectivity index (χ4v) is 1.54. The van der Waals surface area contributed by atoms with E-state index >= 15 is 0 Å². The van der Waals surface area contributed by atoms with Crippen molar-refractivity contribution in [3.63, 3.8) is 0 Å². The average Bonchev–Trinajstić information content (AvgIpc) is 2.18. The smallest absolute Gasteiger partial charge is 0.258 e. The van der Waals surface area contributed by atoms with Crippen molar-refractivity contribution in [2.45, 2.75) is 6.42 Å². The van der Waals surface area contributed by atoms with Gasteiger partial charge in [0.25, 0.3) is 5.91 Å². The van der Waals surface area contributed by atoms with Crippen LogP contribution in [-0.2, 0) is 11.2 Å². The Labute approximate surface area is 85.7 Å². The van der Waals surface area contributed by atoms with E-state index in [2.05, 4.69) is 5.32 Å². The Morgan fingerprint density at radius 1 is 1.40 bits per heavy atom. The lowest BCUT2D eigenvalue weighted by molar-refractivity contribution is -0.119. The molecule has 15 heavy (non-hydrogen) atoms. The molecule has 2 N–H and O–H groups in total. The van der Waals surface area contributed by atoms with Crippen LogP contribution in [0.25, 0.3) is 0 Å². The van der Waals surface area contributed by atoms with Crippen LogP contribution in [0.1, 0.15) is 15.9 Å². The zero-order valence-electron chi connectivity index (χ0n) is 8.03. The number of hydrogen-bond donors (Lipinski definition) is 2. The number of fused-ring (bicyclic) bond motifs is 1. The van der Waals surface area contributed by atoms with Gasteiger partial charge in [0.2, 0.25) is 5.91 Å². The summed E-state index contributed by atoms with van der Waals surface area (Å²) >= 11 is 0. The third kappa shape index (κ3) is 1.52. The molecule has 0 unspecified atom stereocenters. The van der Waals surface area contributed by atoms with Gasteiger partial charge in [0.15, 0.2) is 11.5 Å². The van der Waals surface area contributed by atoms with Gasteiger partial charge in [0.1, 0.15) is 0 Å². The molecule has 1 aliphatic heterocycles. The molecule has 0 saturated heterocycles. The lowest BCUT2D eigenvalue weighted by Crippen LogP contribution is -2.37. The molecular weight excluding hydrogens is 198 g/mol. The van der Waals surface area contributed by atoms with Crippen molar-refractivity contribution in [2.75, 3.05) is 7.11 Å². The van der Waals surface area contributed by atoms with Crippen molar-refractivity contribution in [2.24, 2.45) is 0 Å². The molecule has 0 radical (unpaired) electrons. The summed E-state index contributed by atoms with van der Waals surface area (Å²) in [6.07, 6.45) is 0.123. The number of ether oxygens (including phenoxy) is 1. The van der Waals surface area contributed by atoms with Gasteiger partial charge in [-0.25, -0.2) is 0 Å². The molecule has 2 rings (SSSR count). The Hall–Kier alpha value is -2.04. The van der Waals surface area contributed by atoms with Crippen molar-refractivity contribution < 1.29 is 19.4 Å². The van der Waals surface area contributed by atoms with Gasteiger partial charge in [0, 0.05) is 5.56 Å². The van der Waals surface area contributed by atoms with Gasteiger partial charge in [-0.3, -0.25) is 14.9 Å². The van der Waals surface area contributed by atoms with Crippen molar-refractivity contribution >= 4 is 11.8 Å². The Morgan fingerprint density at radius 3 is 2.80 bits per heavy atom. The number of benzene rings is 1. The minimum atomic E-state index is -0.487. The summed E-state index contributed by atoms with van der Waals surface area (Å²) in [7, 11) is 1.41. The highest BCUT2D eigenvalue weighted by Crippen LogP contribution is 2.30. The number of phenolic OH excluding ortho intramolecular Hbond substituents is 1. The lowest BCUT2D eigenvalue weighted by atomic mass is 9.99. The van der Waals surface area contributed by atoms with Crippen molar-refractivity contribution in [3.8, 4) is 11.5 Å². The quantitative estimate of drug-likeness (QED) is 0.645. The van der Waals surface area contributed by atoms with E-state index in [-0.39, 0.29) is 23.8 Å². The third-order valence-corrected chi connectivity index (χ3v) is 2.25. The van der Waals surface area contributed by atoms with E-state index in [1.165, 1.54) is 19.2 Å². The van der Waals surface area contributed by atoms with Crippen LogP contribution in [-0.4, -0.2) is 24.0 Å². The van der Waals surface area contributed by atoms with E-state index in [0.29, 0.717) is 11.1 Å². The summed E-state index contributed by atoms with van der Waals surface area (Å²) < 4.78 is 4.89. The first-order valence-electron chi connectivity index (χ1n) is 4.36. The molecule has 1 aromatic carbocycles. The maximum atomic E-state index is 11.4. The van der Waals surface area contributed by atoms with Crippen LogP contribution in [0.3, 0.4) is 0 Å². The van der Waals surface area contributed by atoms with Crippen molar-refractivity contribution in [1.29, 1.82) is 0 Å². The molecule has 1 aromatic rings. The largest absolute Gasteiger partial charge is 0.504 e. The van der Waals surface area contributed by atoms with E-state index in [9.17, 15) is 14.7 Å². The third-order valence-electron chi connectivity index (χ3n) is 2.25. The summed E-state index contributed by atoms with van der Waals surface area (Å²) in [4.78, 5) is 22.4. The molecule has 0 aromatic heterocycles. The number of amides is 2. The fraction of sp³-hybridized carbons (Fsp3) is 0.200. The van der Waals surface area contributed by atoms with Crippen LogP contribution >= 0.6 is 0 Å². The van der Waals surface area contributed by atoms with Crippen molar-refractivity contribution in [1.82, 2.24) is 5.32 Å². The summed E-state index contributed by atoms with van der Waals surface area (Å²) in [6, 6.07) is 2.80. The number of nitrogens with one attached hydrogen (secondary N) is 1. The predicted molar refractivity (Wildman–Crippen MR) is 50.8 cm³/mol. The number of phenols is 1. The molecule has 2 amide bonds. The van der Waals surface area contributed by atoms with Gasteiger partial charge in [-0.05, 0) is 17.7 Å². The van der Waals surface area contributed by atoms with Crippen LogP contribution in [0.5, 0.6) is 11.5 Å². The van der Waals surface area contributed by atoms with Gasteiger partial charge < -0.3 is 9.84 Å². The van der Waals surface area contributed by atoms with Gasteiger partial charge in [0.05, 0.1) is 13.5 Å². The maximum Gasteiger partial charge on any atom is 0.258 e. The van der Waals surface area contributed by atoms with E-state index in [4.69, 9.17) is 4.74 Å². The monoisotopic (exact) mass is 207 g/mol. The molecule has 5 heteroatoms. The number of rotatable bonds is 1. The summed E-state index contributed by atoms with van der Waals surface area (Å²) in [5.74, 6) is -0.684. The molecule has 78 valence electrons. The predicted octanol–water partition coefficient (Wildman–Crippen LogP) is 0.213. The van der Waals surface area contributed by atoms with Gasteiger partial charge >= 0.3 is 0 Å². The first-order valence-corrected chi connectivity index (χ1v) is 4.36. The standard InChI is InChI=1S/C10H9NO4/c1-15-8-2-5-3-9(13)11-10(14)6(5)4-7(8)12/h2,4,12H,3H2,1H3,(H,11,13,14). The molecule has 0 fully saturated rings. The number of carbonyl (C=O) groups is 2. The molecule has 0 aliphatic carbocycles. The molecule has 1 aliphatic rings. The summed E-state index contributed by atoms with van der Waals surface area (Å²) in [5, 5.41) is 11.6. The maximum absolute atomic E-state index is 11.4. The highest BCUT2D eigenvalue weighted by molar-refractivity contribution is 6.10. The van der Waals surface area contributed by atoms with Crippen LogP contribution in [0, 0.1) is 0 Å². The first-order chi connectivity index (χ1) is 7.11. The Morgan fingerprint density at radius 2 is 2.13 bits per heavy atom. The minimum Gasteiger partial charge on any atom is -0.504 e. The van der Waals surface area contributed by atoms with Crippen molar-refractivity contribution in [3.05, 3.63) is 23.3 Å². The lowest BCUT2D eigenvalue weighted by Gasteiger charge is -2.16. The zero-order valence-corrected chi connectivity index (χ0v) is 8.03. The molecule has 5 nitrogen and oxygen atoms in total. The van der Waals surface area contributed by atoms with E-state index in [0.717, 1.165) is 0 Å². The van der Waals surface area contributed by atoms with Gasteiger partial charge in [-0.15, -0.1) is 0 Å². The second-order valence-electron chi connectivity index (χ2n) is 3.24. The topological polar surface area (TPSA) is 75.6 Å². The Kier molecular flexibility index (Phi) is 2.07. The molecule has 0 spiro atoms. The van der Waals surface area contributed by atoms with Crippen LogP contribution in [0.2, 0.25) is 0 Å². The Bertz CT molecular complexity index is 453. The van der Waals surface area contributed by atoms with E-state index in [1.807, 2.05) is 0 Å². The normalized spacial score (nSPS) is 14.5. The second kappa shape index (κ2) is 3.27.